The van der Waals surface area contributed by atoms with Gasteiger partial charge in [0.2, 0.25) is 0 Å². The van der Waals surface area contributed by atoms with Crippen molar-refractivity contribution in [2.45, 2.75) is 13.0 Å². The van der Waals surface area contributed by atoms with Gasteiger partial charge < -0.3 is 19.4 Å². The summed E-state index contributed by atoms with van der Waals surface area (Å²) in [4.78, 5) is 17.1. The van der Waals surface area contributed by atoms with Crippen LogP contribution in [0.2, 0.25) is 0 Å². The number of carbonyl (C=O) groups is 1. The summed E-state index contributed by atoms with van der Waals surface area (Å²) in [6.07, 6.45) is 0.638. The van der Waals surface area contributed by atoms with Crippen molar-refractivity contribution in [2.24, 2.45) is 0 Å². The summed E-state index contributed by atoms with van der Waals surface area (Å²) in [5.74, 6) is 1.35. The van der Waals surface area contributed by atoms with Crippen molar-refractivity contribution >= 4 is 16.9 Å². The molecule has 0 saturated heterocycles. The van der Waals surface area contributed by atoms with Crippen molar-refractivity contribution in [2.75, 3.05) is 27.4 Å². The van der Waals surface area contributed by atoms with E-state index in [-0.39, 0.29) is 5.91 Å². The van der Waals surface area contributed by atoms with E-state index >= 15 is 0 Å². The highest BCUT2D eigenvalue weighted by molar-refractivity contribution is 5.96. The highest BCUT2D eigenvalue weighted by Crippen LogP contribution is 2.18. The Morgan fingerprint density at radius 2 is 1.88 bits per heavy atom. The molecule has 0 aliphatic heterocycles. The van der Waals surface area contributed by atoms with Crippen molar-refractivity contribution in [3.63, 3.8) is 0 Å². The molecule has 136 valence electrons. The quantitative estimate of drug-likeness (QED) is 0.676. The van der Waals surface area contributed by atoms with Crippen LogP contribution in [-0.4, -0.2) is 42.8 Å². The third kappa shape index (κ3) is 3.86. The maximum atomic E-state index is 12.4. The molecule has 6 nitrogen and oxygen atoms in total. The number of benzene rings is 2. The summed E-state index contributed by atoms with van der Waals surface area (Å²) >= 11 is 0. The Balaban J connectivity index is 1.70. The van der Waals surface area contributed by atoms with Gasteiger partial charge in [0.25, 0.3) is 5.91 Å². The number of amides is 1. The van der Waals surface area contributed by atoms with E-state index in [1.54, 1.807) is 26.4 Å². The topological polar surface area (TPSA) is 65.4 Å². The standard InChI is InChI=1S/C20H23N3O3/c1-25-14-13-23-17-9-5-4-8-16(17)22-19(23)11-12-21-20(24)15-7-3-6-10-18(15)26-2/h3-10H,11-14H2,1-2H3,(H,21,24). The van der Waals surface area contributed by atoms with Gasteiger partial charge >= 0.3 is 0 Å². The van der Waals surface area contributed by atoms with Gasteiger partial charge in [-0.3, -0.25) is 4.79 Å². The molecule has 0 atom stereocenters. The molecule has 0 unspecified atom stereocenters. The largest absolute Gasteiger partial charge is 0.496 e. The number of nitrogens with zero attached hydrogens (tertiary/aromatic N) is 2. The summed E-state index contributed by atoms with van der Waals surface area (Å²) in [7, 11) is 3.25. The molecule has 0 aliphatic rings. The Hall–Kier alpha value is -2.86. The molecule has 26 heavy (non-hydrogen) atoms. The number of hydrogen-bond donors (Lipinski definition) is 1. The molecule has 1 amide bonds. The smallest absolute Gasteiger partial charge is 0.255 e. The maximum absolute atomic E-state index is 12.4. The zero-order valence-electron chi connectivity index (χ0n) is 15.1. The van der Waals surface area contributed by atoms with Crippen LogP contribution in [0.5, 0.6) is 5.75 Å². The van der Waals surface area contributed by atoms with Crippen molar-refractivity contribution in [1.82, 2.24) is 14.9 Å². The molecular weight excluding hydrogens is 330 g/mol. The van der Waals surface area contributed by atoms with Crippen molar-refractivity contribution in [3.05, 3.63) is 59.9 Å². The second-order valence-electron chi connectivity index (χ2n) is 5.87. The van der Waals surface area contributed by atoms with Crippen LogP contribution in [0, 0.1) is 0 Å². The van der Waals surface area contributed by atoms with Crippen LogP contribution in [-0.2, 0) is 17.7 Å². The number of para-hydroxylation sites is 3. The van der Waals surface area contributed by atoms with E-state index in [4.69, 9.17) is 14.5 Å². The first-order valence-electron chi connectivity index (χ1n) is 8.59. The summed E-state index contributed by atoms with van der Waals surface area (Å²) in [6.45, 7) is 1.83. The molecule has 0 aliphatic carbocycles. The minimum atomic E-state index is -0.151. The summed E-state index contributed by atoms with van der Waals surface area (Å²) in [6, 6.07) is 15.2. The second-order valence-corrected chi connectivity index (χ2v) is 5.87. The predicted octanol–water partition coefficient (Wildman–Crippen LogP) is 2.66. The Kier molecular flexibility index (Phi) is 5.86. The lowest BCUT2D eigenvalue weighted by Gasteiger charge is -2.11. The SMILES string of the molecule is COCCn1c(CCNC(=O)c2ccccc2OC)nc2ccccc21. The minimum Gasteiger partial charge on any atom is -0.496 e. The van der Waals surface area contributed by atoms with Crippen molar-refractivity contribution in [3.8, 4) is 5.75 Å². The Labute approximate surface area is 152 Å². The lowest BCUT2D eigenvalue weighted by molar-refractivity contribution is 0.0951. The number of carbonyl (C=O) groups excluding carboxylic acids is 1. The first-order chi connectivity index (χ1) is 12.7. The number of methoxy groups -OCH3 is 2. The van der Waals surface area contributed by atoms with E-state index in [1.165, 1.54) is 0 Å². The second kappa shape index (κ2) is 8.49. The lowest BCUT2D eigenvalue weighted by atomic mass is 10.2. The van der Waals surface area contributed by atoms with Crippen molar-refractivity contribution < 1.29 is 14.3 Å². The van der Waals surface area contributed by atoms with Gasteiger partial charge in [-0.15, -0.1) is 0 Å². The molecule has 3 aromatic rings. The van der Waals surface area contributed by atoms with Crippen molar-refractivity contribution in [1.29, 1.82) is 0 Å². The average Bonchev–Trinajstić information content (AvgIpc) is 3.03. The molecule has 0 saturated carbocycles. The summed E-state index contributed by atoms with van der Waals surface area (Å²) < 4.78 is 12.6. The molecule has 6 heteroatoms. The van der Waals surface area contributed by atoms with Crippen LogP contribution in [0.3, 0.4) is 0 Å². The number of nitrogens with one attached hydrogen (secondary N) is 1. The van der Waals surface area contributed by atoms with Gasteiger partial charge in [-0.1, -0.05) is 24.3 Å². The first kappa shape index (κ1) is 17.9. The number of rotatable bonds is 8. The molecule has 0 radical (unpaired) electrons. The van der Waals surface area contributed by atoms with Gasteiger partial charge in [-0.25, -0.2) is 4.98 Å². The van der Waals surface area contributed by atoms with E-state index in [2.05, 4.69) is 16.0 Å². The van der Waals surface area contributed by atoms with E-state index in [0.29, 0.717) is 30.9 Å². The highest BCUT2D eigenvalue weighted by Gasteiger charge is 2.13. The van der Waals surface area contributed by atoms with Crippen LogP contribution in [0.4, 0.5) is 0 Å². The number of imidazole rings is 1. The summed E-state index contributed by atoms with van der Waals surface area (Å²) in [5.41, 5.74) is 2.56. The molecule has 0 spiro atoms. The highest BCUT2D eigenvalue weighted by atomic mass is 16.5. The monoisotopic (exact) mass is 353 g/mol. The number of ether oxygens (including phenoxy) is 2. The van der Waals surface area contributed by atoms with Gasteiger partial charge in [0, 0.05) is 26.6 Å². The molecule has 0 bridgehead atoms. The van der Waals surface area contributed by atoms with E-state index in [0.717, 1.165) is 23.4 Å². The zero-order valence-corrected chi connectivity index (χ0v) is 15.1. The normalized spacial score (nSPS) is 10.8. The van der Waals surface area contributed by atoms with Crippen LogP contribution in [0.25, 0.3) is 11.0 Å². The number of hydrogen-bond acceptors (Lipinski definition) is 4. The van der Waals surface area contributed by atoms with Gasteiger partial charge in [0.05, 0.1) is 30.3 Å². The molecule has 2 aromatic carbocycles. The van der Waals surface area contributed by atoms with Gasteiger partial charge in [0.1, 0.15) is 11.6 Å². The fourth-order valence-electron chi connectivity index (χ4n) is 2.96. The molecular formula is C20H23N3O3. The molecule has 1 aromatic heterocycles. The molecule has 1 N–H and O–H groups in total. The lowest BCUT2D eigenvalue weighted by Crippen LogP contribution is -2.27. The fraction of sp³-hybridized carbons (Fsp3) is 0.300. The Bertz CT molecular complexity index is 889. The van der Waals surface area contributed by atoms with E-state index in [9.17, 15) is 4.79 Å². The average molecular weight is 353 g/mol. The Morgan fingerprint density at radius 1 is 1.12 bits per heavy atom. The number of fused-ring (bicyclic) bond motifs is 1. The van der Waals surface area contributed by atoms with Crippen LogP contribution in [0.15, 0.2) is 48.5 Å². The van der Waals surface area contributed by atoms with Crippen LogP contribution >= 0.6 is 0 Å². The predicted molar refractivity (Wildman–Crippen MR) is 101 cm³/mol. The summed E-state index contributed by atoms with van der Waals surface area (Å²) in [5, 5.41) is 2.95. The van der Waals surface area contributed by atoms with Crippen LogP contribution in [0.1, 0.15) is 16.2 Å². The van der Waals surface area contributed by atoms with Gasteiger partial charge in [0.15, 0.2) is 0 Å². The molecule has 1 heterocycles. The zero-order chi connectivity index (χ0) is 18.4. The molecule has 3 rings (SSSR count). The fourth-order valence-corrected chi connectivity index (χ4v) is 2.96. The maximum Gasteiger partial charge on any atom is 0.255 e. The molecule has 0 fully saturated rings. The van der Waals surface area contributed by atoms with Gasteiger partial charge in [-0.05, 0) is 24.3 Å². The van der Waals surface area contributed by atoms with E-state index < -0.39 is 0 Å². The minimum absolute atomic E-state index is 0.151. The van der Waals surface area contributed by atoms with E-state index in [1.807, 2.05) is 30.3 Å². The Morgan fingerprint density at radius 3 is 2.69 bits per heavy atom. The van der Waals surface area contributed by atoms with Gasteiger partial charge in [-0.2, -0.15) is 0 Å². The third-order valence-corrected chi connectivity index (χ3v) is 4.24. The third-order valence-electron chi connectivity index (χ3n) is 4.24. The number of aromatic nitrogens is 2. The first-order valence-corrected chi connectivity index (χ1v) is 8.59. The van der Waals surface area contributed by atoms with Crippen LogP contribution < -0.4 is 10.1 Å².